The molecule has 174 valence electrons. The SMILES string of the molecule is CCCCOC(=O)[C@@H]1CCCN1S(=O)(=O)c1ccc(C)cc1N1CC[C@@H](CCCO)C1. The maximum Gasteiger partial charge on any atom is 0.324 e. The van der Waals surface area contributed by atoms with Crippen LogP contribution in [-0.2, 0) is 19.6 Å². The summed E-state index contributed by atoms with van der Waals surface area (Å²) in [5.74, 6) is 0.0183. The van der Waals surface area contributed by atoms with Gasteiger partial charge in [-0.2, -0.15) is 4.31 Å². The predicted molar refractivity (Wildman–Crippen MR) is 121 cm³/mol. The van der Waals surface area contributed by atoms with Crippen molar-refractivity contribution in [3.63, 3.8) is 0 Å². The number of benzene rings is 1. The molecule has 1 aromatic carbocycles. The van der Waals surface area contributed by atoms with Gasteiger partial charge in [-0.1, -0.05) is 19.4 Å². The first-order chi connectivity index (χ1) is 14.9. The minimum Gasteiger partial charge on any atom is -0.464 e. The van der Waals surface area contributed by atoms with Crippen molar-refractivity contribution in [2.24, 2.45) is 5.92 Å². The van der Waals surface area contributed by atoms with Gasteiger partial charge in [-0.3, -0.25) is 4.79 Å². The Kier molecular flexibility index (Phi) is 8.36. The molecule has 31 heavy (non-hydrogen) atoms. The maximum absolute atomic E-state index is 13.7. The molecule has 2 aliphatic heterocycles. The van der Waals surface area contributed by atoms with E-state index in [0.717, 1.165) is 56.4 Å². The molecule has 2 atom stereocenters. The largest absolute Gasteiger partial charge is 0.464 e. The Morgan fingerprint density at radius 1 is 1.23 bits per heavy atom. The van der Waals surface area contributed by atoms with Crippen molar-refractivity contribution in [1.29, 1.82) is 0 Å². The fourth-order valence-electron chi connectivity index (χ4n) is 4.56. The number of aliphatic hydroxyl groups excluding tert-OH is 1. The van der Waals surface area contributed by atoms with E-state index in [4.69, 9.17) is 9.84 Å². The van der Waals surface area contributed by atoms with E-state index < -0.39 is 22.0 Å². The van der Waals surface area contributed by atoms with Gasteiger partial charge in [-0.15, -0.1) is 0 Å². The van der Waals surface area contributed by atoms with Gasteiger partial charge in [0.25, 0.3) is 0 Å². The Balaban J connectivity index is 1.83. The molecule has 0 saturated carbocycles. The number of anilines is 1. The summed E-state index contributed by atoms with van der Waals surface area (Å²) in [7, 11) is -3.83. The molecule has 0 spiro atoms. The number of rotatable bonds is 10. The lowest BCUT2D eigenvalue weighted by Crippen LogP contribution is -2.42. The van der Waals surface area contributed by atoms with Crippen LogP contribution in [0.15, 0.2) is 23.1 Å². The zero-order chi connectivity index (χ0) is 22.4. The van der Waals surface area contributed by atoms with Gasteiger partial charge in [0.1, 0.15) is 10.9 Å². The van der Waals surface area contributed by atoms with E-state index in [2.05, 4.69) is 4.90 Å². The first kappa shape index (κ1) is 24.0. The molecule has 8 heteroatoms. The molecule has 2 fully saturated rings. The minimum absolute atomic E-state index is 0.186. The number of hydrogen-bond acceptors (Lipinski definition) is 6. The van der Waals surface area contributed by atoms with Crippen molar-refractivity contribution < 1.29 is 23.1 Å². The predicted octanol–water partition coefficient (Wildman–Crippen LogP) is 3.09. The van der Waals surface area contributed by atoms with Gasteiger partial charge in [0, 0.05) is 26.2 Å². The van der Waals surface area contributed by atoms with Gasteiger partial charge in [0.15, 0.2) is 0 Å². The normalized spacial score (nSPS) is 22.2. The average molecular weight is 453 g/mol. The maximum atomic E-state index is 13.7. The Morgan fingerprint density at radius 3 is 2.77 bits per heavy atom. The van der Waals surface area contributed by atoms with E-state index in [-0.39, 0.29) is 11.5 Å². The quantitative estimate of drug-likeness (QED) is 0.434. The van der Waals surface area contributed by atoms with Crippen LogP contribution in [0.2, 0.25) is 0 Å². The number of aliphatic hydroxyl groups is 1. The number of carbonyl (C=O) groups excluding carboxylic acids is 1. The summed E-state index contributed by atoms with van der Waals surface area (Å²) in [6.45, 7) is 6.42. The number of sulfonamides is 1. The van der Waals surface area contributed by atoms with Crippen molar-refractivity contribution in [2.45, 2.75) is 69.7 Å². The second kappa shape index (κ2) is 10.8. The van der Waals surface area contributed by atoms with Gasteiger partial charge in [-0.25, -0.2) is 8.42 Å². The molecule has 2 aliphatic rings. The van der Waals surface area contributed by atoms with Crippen LogP contribution < -0.4 is 4.90 Å². The molecule has 0 radical (unpaired) electrons. The number of ether oxygens (including phenoxy) is 1. The minimum atomic E-state index is -3.83. The van der Waals surface area contributed by atoms with Crippen LogP contribution in [0.1, 0.15) is 57.4 Å². The van der Waals surface area contributed by atoms with E-state index in [1.54, 1.807) is 6.07 Å². The number of aryl methyl sites for hydroxylation is 1. The van der Waals surface area contributed by atoms with E-state index >= 15 is 0 Å². The highest BCUT2D eigenvalue weighted by atomic mass is 32.2. The Morgan fingerprint density at radius 2 is 2.03 bits per heavy atom. The van der Waals surface area contributed by atoms with Crippen LogP contribution in [0.4, 0.5) is 5.69 Å². The summed E-state index contributed by atoms with van der Waals surface area (Å²) in [6, 6.07) is 4.69. The molecule has 2 heterocycles. The molecular formula is C23H36N2O5S. The van der Waals surface area contributed by atoms with Crippen LogP contribution in [0.3, 0.4) is 0 Å². The second-order valence-corrected chi connectivity index (χ2v) is 10.6. The first-order valence-corrected chi connectivity index (χ1v) is 13.0. The number of carbonyl (C=O) groups is 1. The lowest BCUT2D eigenvalue weighted by Gasteiger charge is -2.27. The number of esters is 1. The molecule has 0 amide bonds. The third-order valence-electron chi connectivity index (χ3n) is 6.32. The van der Waals surface area contributed by atoms with Crippen molar-refractivity contribution in [2.75, 3.05) is 37.7 Å². The zero-order valence-corrected chi connectivity index (χ0v) is 19.6. The first-order valence-electron chi connectivity index (χ1n) is 11.5. The van der Waals surface area contributed by atoms with Crippen molar-refractivity contribution in [3.05, 3.63) is 23.8 Å². The van der Waals surface area contributed by atoms with Crippen LogP contribution in [0, 0.1) is 12.8 Å². The number of unbranched alkanes of at least 4 members (excludes halogenated alkanes) is 1. The number of hydrogen-bond donors (Lipinski definition) is 1. The summed E-state index contributed by atoms with van der Waals surface area (Å²) < 4.78 is 34.1. The fraction of sp³-hybridized carbons (Fsp3) is 0.696. The van der Waals surface area contributed by atoms with Crippen LogP contribution >= 0.6 is 0 Å². The molecule has 3 rings (SSSR count). The molecule has 0 aromatic heterocycles. The van der Waals surface area contributed by atoms with Crippen molar-refractivity contribution in [3.8, 4) is 0 Å². The summed E-state index contributed by atoms with van der Waals surface area (Å²) in [5.41, 5.74) is 1.72. The van der Waals surface area contributed by atoms with Crippen LogP contribution in [-0.4, -0.2) is 62.7 Å². The Bertz CT molecular complexity index is 858. The van der Waals surface area contributed by atoms with Gasteiger partial charge < -0.3 is 14.7 Å². The highest BCUT2D eigenvalue weighted by molar-refractivity contribution is 7.89. The van der Waals surface area contributed by atoms with Gasteiger partial charge in [0.05, 0.1) is 12.3 Å². The van der Waals surface area contributed by atoms with E-state index in [1.165, 1.54) is 4.31 Å². The Labute approximate surface area is 186 Å². The highest BCUT2D eigenvalue weighted by Gasteiger charge is 2.42. The molecule has 7 nitrogen and oxygen atoms in total. The molecular weight excluding hydrogens is 416 g/mol. The lowest BCUT2D eigenvalue weighted by atomic mass is 10.0. The van der Waals surface area contributed by atoms with Gasteiger partial charge in [-0.05, 0) is 69.1 Å². The average Bonchev–Trinajstić information content (AvgIpc) is 3.42. The van der Waals surface area contributed by atoms with Crippen molar-refractivity contribution >= 4 is 21.7 Å². The molecule has 0 aliphatic carbocycles. The zero-order valence-electron chi connectivity index (χ0n) is 18.8. The molecule has 1 aromatic rings. The van der Waals surface area contributed by atoms with Crippen LogP contribution in [0.5, 0.6) is 0 Å². The second-order valence-electron chi connectivity index (χ2n) is 8.73. The van der Waals surface area contributed by atoms with Crippen molar-refractivity contribution in [1.82, 2.24) is 4.31 Å². The third-order valence-corrected chi connectivity index (χ3v) is 8.27. The molecule has 0 bridgehead atoms. The number of nitrogens with zero attached hydrogens (tertiary/aromatic N) is 2. The summed E-state index contributed by atoms with van der Waals surface area (Å²) in [6.07, 6.45) is 5.55. The van der Waals surface area contributed by atoms with E-state index in [0.29, 0.717) is 31.9 Å². The standard InChI is InChI=1S/C23H36N2O5S/c1-3-4-15-30-23(27)20-8-5-12-25(20)31(28,29)22-10-9-18(2)16-21(22)24-13-11-19(17-24)7-6-14-26/h9-10,16,19-20,26H,3-8,11-15,17H2,1-2H3/t19-,20+/m1/s1. The Hall–Kier alpha value is -1.64. The van der Waals surface area contributed by atoms with Crippen LogP contribution in [0.25, 0.3) is 0 Å². The highest BCUT2D eigenvalue weighted by Crippen LogP contribution is 2.36. The van der Waals surface area contributed by atoms with Gasteiger partial charge >= 0.3 is 5.97 Å². The van der Waals surface area contributed by atoms with E-state index in [9.17, 15) is 13.2 Å². The smallest absolute Gasteiger partial charge is 0.324 e. The van der Waals surface area contributed by atoms with Gasteiger partial charge in [0.2, 0.25) is 10.0 Å². The molecule has 0 unspecified atom stereocenters. The summed E-state index contributed by atoms with van der Waals surface area (Å²) >= 11 is 0. The molecule has 2 saturated heterocycles. The summed E-state index contributed by atoms with van der Waals surface area (Å²) in [5, 5.41) is 9.12. The topological polar surface area (TPSA) is 87.2 Å². The summed E-state index contributed by atoms with van der Waals surface area (Å²) in [4.78, 5) is 15.0. The fourth-order valence-corrected chi connectivity index (χ4v) is 6.40. The van der Waals surface area contributed by atoms with E-state index in [1.807, 2.05) is 26.0 Å². The monoisotopic (exact) mass is 452 g/mol. The lowest BCUT2D eigenvalue weighted by molar-refractivity contribution is -0.147. The third kappa shape index (κ3) is 5.59. The molecule has 1 N–H and O–H groups in total.